The highest BCUT2D eigenvalue weighted by Crippen LogP contribution is 2.29. The number of rotatable bonds is 7. The lowest BCUT2D eigenvalue weighted by atomic mass is 10.2. The molecule has 1 saturated carbocycles. The van der Waals surface area contributed by atoms with E-state index in [1.807, 2.05) is 0 Å². The summed E-state index contributed by atoms with van der Waals surface area (Å²) in [6, 6.07) is 3.19. The molecule has 0 spiro atoms. The van der Waals surface area contributed by atoms with E-state index in [0.717, 1.165) is 11.3 Å². The Balaban J connectivity index is 1.61. The molecule has 3 rings (SSSR count). The molecule has 1 aliphatic rings. The highest BCUT2D eigenvalue weighted by Gasteiger charge is 2.22. The van der Waals surface area contributed by atoms with Crippen LogP contribution in [0.25, 0.3) is 0 Å². The predicted molar refractivity (Wildman–Crippen MR) is 88.5 cm³/mol. The van der Waals surface area contributed by atoms with Crippen LogP contribution in [0.15, 0.2) is 23.7 Å². The fourth-order valence-corrected chi connectivity index (χ4v) is 2.59. The molecular formula is C16H17N3O4S. The van der Waals surface area contributed by atoms with E-state index >= 15 is 0 Å². The van der Waals surface area contributed by atoms with Crippen LogP contribution >= 0.6 is 11.3 Å². The Morgan fingerprint density at radius 2 is 2.25 bits per heavy atom. The van der Waals surface area contributed by atoms with Crippen LogP contribution in [0.2, 0.25) is 0 Å². The van der Waals surface area contributed by atoms with Crippen molar-refractivity contribution >= 4 is 28.3 Å². The number of pyridine rings is 1. The van der Waals surface area contributed by atoms with Gasteiger partial charge in [0.1, 0.15) is 0 Å². The van der Waals surface area contributed by atoms with E-state index < -0.39 is 5.97 Å². The highest BCUT2D eigenvalue weighted by atomic mass is 32.1. The van der Waals surface area contributed by atoms with Gasteiger partial charge >= 0.3 is 5.97 Å². The summed E-state index contributed by atoms with van der Waals surface area (Å²) >= 11 is 1.16. The summed E-state index contributed by atoms with van der Waals surface area (Å²) in [4.78, 5) is 32.0. The lowest BCUT2D eigenvalue weighted by Crippen LogP contribution is -2.13. The Hall–Kier alpha value is -2.48. The van der Waals surface area contributed by atoms with Crippen LogP contribution < -0.4 is 10.1 Å². The van der Waals surface area contributed by atoms with E-state index in [0.29, 0.717) is 29.1 Å². The van der Waals surface area contributed by atoms with E-state index in [9.17, 15) is 9.59 Å². The van der Waals surface area contributed by atoms with Crippen LogP contribution in [0.4, 0.5) is 5.13 Å². The molecule has 1 amide bonds. The Morgan fingerprint density at radius 3 is 3.00 bits per heavy atom. The molecule has 2 aromatic heterocycles. The van der Waals surface area contributed by atoms with Crippen molar-refractivity contribution in [2.24, 2.45) is 5.92 Å². The fourth-order valence-electron chi connectivity index (χ4n) is 1.92. The second-order valence-electron chi connectivity index (χ2n) is 5.35. The second kappa shape index (κ2) is 7.39. The van der Waals surface area contributed by atoms with Crippen molar-refractivity contribution in [3.05, 3.63) is 35.0 Å². The first-order chi connectivity index (χ1) is 11.7. The van der Waals surface area contributed by atoms with Gasteiger partial charge in [0, 0.05) is 23.2 Å². The zero-order chi connectivity index (χ0) is 16.9. The van der Waals surface area contributed by atoms with Gasteiger partial charge < -0.3 is 9.47 Å². The third kappa shape index (κ3) is 4.29. The van der Waals surface area contributed by atoms with Gasteiger partial charge in [-0.1, -0.05) is 0 Å². The number of carbonyl (C=O) groups excluding carboxylic acids is 2. The Labute approximate surface area is 143 Å². The zero-order valence-electron chi connectivity index (χ0n) is 13.2. The molecule has 2 heterocycles. The molecule has 0 aliphatic heterocycles. The Kier molecular flexibility index (Phi) is 5.05. The largest absolute Gasteiger partial charge is 0.477 e. The summed E-state index contributed by atoms with van der Waals surface area (Å²) < 4.78 is 10.4. The Bertz CT molecular complexity index is 742. The first-order valence-corrected chi connectivity index (χ1v) is 8.56. The maximum absolute atomic E-state index is 12.3. The third-order valence-corrected chi connectivity index (χ3v) is 4.13. The number of hydrogen-bond donors (Lipinski definition) is 1. The number of aromatic nitrogens is 2. The molecule has 1 fully saturated rings. The number of nitrogens with zero attached hydrogens (tertiary/aromatic N) is 2. The minimum atomic E-state index is -0.506. The zero-order valence-corrected chi connectivity index (χ0v) is 14.0. The van der Waals surface area contributed by atoms with Gasteiger partial charge in [-0.05, 0) is 31.7 Å². The van der Waals surface area contributed by atoms with Gasteiger partial charge in [0.2, 0.25) is 5.88 Å². The lowest BCUT2D eigenvalue weighted by molar-refractivity contribution is 0.0520. The van der Waals surface area contributed by atoms with Crippen LogP contribution in [-0.2, 0) is 4.74 Å². The molecule has 0 saturated heterocycles. The van der Waals surface area contributed by atoms with E-state index in [1.165, 1.54) is 19.0 Å². The van der Waals surface area contributed by atoms with Gasteiger partial charge in [0.25, 0.3) is 5.91 Å². The summed E-state index contributed by atoms with van der Waals surface area (Å²) in [5.41, 5.74) is 0.601. The maximum atomic E-state index is 12.3. The molecule has 2 aromatic rings. The molecule has 0 atom stereocenters. The predicted octanol–water partition coefficient (Wildman–Crippen LogP) is 2.76. The van der Waals surface area contributed by atoms with Gasteiger partial charge in [0.15, 0.2) is 10.8 Å². The molecule has 126 valence electrons. The van der Waals surface area contributed by atoms with E-state index in [1.54, 1.807) is 24.4 Å². The fraction of sp³-hybridized carbons (Fsp3) is 0.375. The normalized spacial score (nSPS) is 13.4. The van der Waals surface area contributed by atoms with Crippen molar-refractivity contribution < 1.29 is 19.1 Å². The standard InChI is InChI=1S/C16H17N3O4S/c1-2-22-15(21)12-9-24-16(18-12)19-14(20)11-5-6-17-13(7-11)23-8-10-3-4-10/h5-7,9-10H,2-4,8H2,1H3,(H,18,19,20). The van der Waals surface area contributed by atoms with Crippen LogP contribution in [0.5, 0.6) is 5.88 Å². The van der Waals surface area contributed by atoms with E-state index in [4.69, 9.17) is 9.47 Å². The SMILES string of the molecule is CCOC(=O)c1csc(NC(=O)c2ccnc(OCC3CC3)c2)n1. The quantitative estimate of drug-likeness (QED) is 0.775. The molecule has 24 heavy (non-hydrogen) atoms. The van der Waals surface area contributed by atoms with E-state index in [-0.39, 0.29) is 18.2 Å². The Morgan fingerprint density at radius 1 is 1.42 bits per heavy atom. The van der Waals surface area contributed by atoms with Crippen molar-refractivity contribution in [2.75, 3.05) is 18.5 Å². The molecule has 7 nitrogen and oxygen atoms in total. The average Bonchev–Trinajstić information content (AvgIpc) is 3.30. The number of amides is 1. The number of thiazole rings is 1. The minimum absolute atomic E-state index is 0.181. The highest BCUT2D eigenvalue weighted by molar-refractivity contribution is 7.14. The molecule has 0 unspecified atom stereocenters. The van der Waals surface area contributed by atoms with Gasteiger partial charge in [-0.2, -0.15) is 0 Å². The first-order valence-electron chi connectivity index (χ1n) is 7.68. The smallest absolute Gasteiger partial charge is 0.357 e. The van der Waals surface area contributed by atoms with Crippen molar-refractivity contribution in [3.8, 4) is 5.88 Å². The summed E-state index contributed by atoms with van der Waals surface area (Å²) in [5.74, 6) is 0.203. The van der Waals surface area contributed by atoms with Crippen molar-refractivity contribution in [1.82, 2.24) is 9.97 Å². The molecule has 1 aliphatic carbocycles. The number of anilines is 1. The molecule has 0 bridgehead atoms. The van der Waals surface area contributed by atoms with Gasteiger partial charge in [-0.15, -0.1) is 11.3 Å². The monoisotopic (exact) mass is 347 g/mol. The molecule has 1 N–H and O–H groups in total. The number of ether oxygens (including phenoxy) is 2. The van der Waals surface area contributed by atoms with Crippen LogP contribution in [0.3, 0.4) is 0 Å². The minimum Gasteiger partial charge on any atom is -0.477 e. The molecule has 8 heteroatoms. The number of esters is 1. The van der Waals surface area contributed by atoms with E-state index in [2.05, 4.69) is 15.3 Å². The molecule has 0 aromatic carbocycles. The average molecular weight is 347 g/mol. The third-order valence-electron chi connectivity index (χ3n) is 3.37. The second-order valence-corrected chi connectivity index (χ2v) is 6.21. The maximum Gasteiger partial charge on any atom is 0.357 e. The van der Waals surface area contributed by atoms with Crippen LogP contribution in [-0.4, -0.2) is 35.1 Å². The lowest BCUT2D eigenvalue weighted by Gasteiger charge is -2.06. The topological polar surface area (TPSA) is 90.4 Å². The van der Waals surface area contributed by atoms with Gasteiger partial charge in [-0.3, -0.25) is 10.1 Å². The van der Waals surface area contributed by atoms with Crippen LogP contribution in [0.1, 0.15) is 40.6 Å². The number of hydrogen-bond acceptors (Lipinski definition) is 7. The van der Waals surface area contributed by atoms with Crippen molar-refractivity contribution in [3.63, 3.8) is 0 Å². The van der Waals surface area contributed by atoms with Crippen molar-refractivity contribution in [2.45, 2.75) is 19.8 Å². The van der Waals surface area contributed by atoms with Crippen molar-refractivity contribution in [1.29, 1.82) is 0 Å². The number of carbonyl (C=O) groups is 2. The number of nitrogens with one attached hydrogen (secondary N) is 1. The van der Waals surface area contributed by atoms with Gasteiger partial charge in [0.05, 0.1) is 13.2 Å². The molecule has 0 radical (unpaired) electrons. The van der Waals surface area contributed by atoms with Gasteiger partial charge in [-0.25, -0.2) is 14.8 Å². The summed E-state index contributed by atoms with van der Waals surface area (Å²) in [7, 11) is 0. The molecular weight excluding hydrogens is 330 g/mol. The van der Waals surface area contributed by atoms with Crippen LogP contribution in [0, 0.1) is 5.92 Å². The summed E-state index contributed by atoms with van der Waals surface area (Å²) in [5, 5.41) is 4.54. The summed E-state index contributed by atoms with van der Waals surface area (Å²) in [6.07, 6.45) is 3.91. The first kappa shape index (κ1) is 16.4. The summed E-state index contributed by atoms with van der Waals surface area (Å²) in [6.45, 7) is 2.63.